The van der Waals surface area contributed by atoms with E-state index in [9.17, 15) is 0 Å². The maximum absolute atomic E-state index is 5.92. The third kappa shape index (κ3) is 4.66. The van der Waals surface area contributed by atoms with Crippen molar-refractivity contribution in [1.29, 1.82) is 0 Å². The van der Waals surface area contributed by atoms with Gasteiger partial charge >= 0.3 is 0 Å². The molecule has 1 aromatic rings. The summed E-state index contributed by atoms with van der Waals surface area (Å²) in [6.07, 6.45) is 6.58. The lowest BCUT2D eigenvalue weighted by Gasteiger charge is -2.25. The molecule has 0 amide bonds. The molecule has 108 valence electrons. The Morgan fingerprint density at radius 1 is 1.26 bits per heavy atom. The molecule has 0 spiro atoms. The van der Waals surface area contributed by atoms with Gasteiger partial charge < -0.3 is 9.73 Å². The lowest BCUT2D eigenvalue weighted by Crippen LogP contribution is -2.31. The molecule has 2 heterocycles. The predicted molar refractivity (Wildman–Crippen MR) is 79.0 cm³/mol. The quantitative estimate of drug-likeness (QED) is 0.797. The molecule has 3 heteroatoms. The van der Waals surface area contributed by atoms with E-state index in [0.717, 1.165) is 31.2 Å². The zero-order valence-corrected chi connectivity index (χ0v) is 12.5. The Morgan fingerprint density at radius 2 is 2.11 bits per heavy atom. The van der Waals surface area contributed by atoms with Crippen LogP contribution in [-0.4, -0.2) is 24.0 Å². The average Bonchev–Trinajstić information content (AvgIpc) is 2.75. The summed E-state index contributed by atoms with van der Waals surface area (Å²) < 4.78 is 5.92. The maximum Gasteiger partial charge on any atom is 0.118 e. The summed E-state index contributed by atoms with van der Waals surface area (Å²) in [6.45, 7) is 8.61. The van der Waals surface area contributed by atoms with Gasteiger partial charge in [0, 0.05) is 6.04 Å². The fourth-order valence-electron chi connectivity index (χ4n) is 2.76. The molecule has 1 unspecified atom stereocenters. The Balaban J connectivity index is 1.84. The lowest BCUT2D eigenvalue weighted by atomic mass is 10.1. The highest BCUT2D eigenvalue weighted by Gasteiger charge is 2.18. The third-order valence-electron chi connectivity index (χ3n) is 3.99. The SMILES string of the molecule is CCCNCc1ccc(CN2CCCCCC2C)o1. The molecule has 1 N–H and O–H groups in total. The van der Waals surface area contributed by atoms with E-state index in [-0.39, 0.29) is 0 Å². The summed E-state index contributed by atoms with van der Waals surface area (Å²) in [5.74, 6) is 2.17. The van der Waals surface area contributed by atoms with Gasteiger partial charge in [-0.05, 0) is 51.4 Å². The van der Waals surface area contributed by atoms with Gasteiger partial charge in [0.2, 0.25) is 0 Å². The molecule has 0 radical (unpaired) electrons. The van der Waals surface area contributed by atoms with Crippen molar-refractivity contribution in [2.75, 3.05) is 13.1 Å². The van der Waals surface area contributed by atoms with Crippen LogP contribution >= 0.6 is 0 Å². The van der Waals surface area contributed by atoms with Crippen molar-refractivity contribution in [2.24, 2.45) is 0 Å². The largest absolute Gasteiger partial charge is 0.463 e. The second-order valence-electron chi connectivity index (χ2n) is 5.71. The van der Waals surface area contributed by atoms with Crippen molar-refractivity contribution in [3.63, 3.8) is 0 Å². The molecule has 19 heavy (non-hydrogen) atoms. The molecule has 0 aromatic carbocycles. The van der Waals surface area contributed by atoms with Gasteiger partial charge in [-0.1, -0.05) is 19.8 Å². The van der Waals surface area contributed by atoms with Crippen LogP contribution in [0.2, 0.25) is 0 Å². The van der Waals surface area contributed by atoms with Crippen LogP contribution in [0.3, 0.4) is 0 Å². The minimum absolute atomic E-state index is 0.689. The molecule has 0 bridgehead atoms. The molecule has 1 aromatic heterocycles. The Labute approximate surface area is 117 Å². The smallest absolute Gasteiger partial charge is 0.118 e. The van der Waals surface area contributed by atoms with E-state index >= 15 is 0 Å². The zero-order valence-electron chi connectivity index (χ0n) is 12.5. The summed E-state index contributed by atoms with van der Waals surface area (Å²) in [6, 6.07) is 4.94. The van der Waals surface area contributed by atoms with Crippen LogP contribution in [0.1, 0.15) is 57.5 Å². The summed E-state index contributed by atoms with van der Waals surface area (Å²) in [5, 5.41) is 3.38. The van der Waals surface area contributed by atoms with Crippen molar-refractivity contribution >= 4 is 0 Å². The van der Waals surface area contributed by atoms with Crippen molar-refractivity contribution < 1.29 is 4.42 Å². The molecule has 1 saturated heterocycles. The average molecular weight is 264 g/mol. The van der Waals surface area contributed by atoms with E-state index in [0.29, 0.717) is 6.04 Å². The normalized spacial score (nSPS) is 21.5. The van der Waals surface area contributed by atoms with Gasteiger partial charge in [-0.2, -0.15) is 0 Å². The van der Waals surface area contributed by atoms with Gasteiger partial charge in [0.25, 0.3) is 0 Å². The van der Waals surface area contributed by atoms with E-state index in [1.54, 1.807) is 0 Å². The molecule has 1 aliphatic heterocycles. The summed E-state index contributed by atoms with van der Waals surface area (Å²) in [5.41, 5.74) is 0. The monoisotopic (exact) mass is 264 g/mol. The number of nitrogens with one attached hydrogen (secondary N) is 1. The van der Waals surface area contributed by atoms with Crippen molar-refractivity contribution in [3.05, 3.63) is 23.7 Å². The number of hydrogen-bond acceptors (Lipinski definition) is 3. The minimum atomic E-state index is 0.689. The molecule has 0 aliphatic carbocycles. The standard InChI is InChI=1S/C16H28N2O/c1-3-10-17-12-15-8-9-16(19-15)13-18-11-6-4-5-7-14(18)2/h8-9,14,17H,3-7,10-13H2,1-2H3. The topological polar surface area (TPSA) is 28.4 Å². The van der Waals surface area contributed by atoms with Gasteiger partial charge in [0.1, 0.15) is 11.5 Å². The Kier molecular flexibility index (Phi) is 5.93. The Morgan fingerprint density at radius 3 is 2.95 bits per heavy atom. The predicted octanol–water partition coefficient (Wildman–Crippen LogP) is 3.54. The van der Waals surface area contributed by atoms with Gasteiger partial charge in [-0.15, -0.1) is 0 Å². The summed E-state index contributed by atoms with van der Waals surface area (Å²) in [7, 11) is 0. The van der Waals surface area contributed by atoms with Crippen LogP contribution in [0.25, 0.3) is 0 Å². The zero-order chi connectivity index (χ0) is 13.5. The van der Waals surface area contributed by atoms with Crippen LogP contribution < -0.4 is 5.32 Å². The Bertz CT molecular complexity index is 361. The molecular formula is C16H28N2O. The molecule has 1 atom stereocenters. The maximum atomic E-state index is 5.92. The van der Waals surface area contributed by atoms with E-state index < -0.39 is 0 Å². The van der Waals surface area contributed by atoms with Gasteiger partial charge in [-0.3, -0.25) is 4.90 Å². The highest BCUT2D eigenvalue weighted by molar-refractivity contribution is 5.07. The van der Waals surface area contributed by atoms with Crippen molar-refractivity contribution in [3.8, 4) is 0 Å². The number of rotatable bonds is 6. The first-order valence-corrected chi connectivity index (χ1v) is 7.82. The van der Waals surface area contributed by atoms with E-state index in [1.807, 2.05) is 0 Å². The van der Waals surface area contributed by atoms with Gasteiger partial charge in [0.05, 0.1) is 13.1 Å². The number of hydrogen-bond donors (Lipinski definition) is 1. The Hall–Kier alpha value is -0.800. The highest BCUT2D eigenvalue weighted by Crippen LogP contribution is 2.19. The summed E-state index contributed by atoms with van der Waals surface area (Å²) in [4.78, 5) is 2.56. The summed E-state index contributed by atoms with van der Waals surface area (Å²) >= 11 is 0. The van der Waals surface area contributed by atoms with Crippen LogP contribution in [-0.2, 0) is 13.1 Å². The van der Waals surface area contributed by atoms with Gasteiger partial charge in [0.15, 0.2) is 0 Å². The first-order valence-electron chi connectivity index (χ1n) is 7.82. The first-order chi connectivity index (χ1) is 9.29. The fraction of sp³-hybridized carbons (Fsp3) is 0.750. The van der Waals surface area contributed by atoms with E-state index in [1.165, 1.54) is 38.6 Å². The molecule has 0 saturated carbocycles. The minimum Gasteiger partial charge on any atom is -0.463 e. The van der Waals surface area contributed by atoms with Gasteiger partial charge in [-0.25, -0.2) is 0 Å². The van der Waals surface area contributed by atoms with Crippen molar-refractivity contribution in [2.45, 2.75) is 65.1 Å². The van der Waals surface area contributed by atoms with Crippen LogP contribution in [0.4, 0.5) is 0 Å². The highest BCUT2D eigenvalue weighted by atomic mass is 16.3. The second-order valence-corrected chi connectivity index (χ2v) is 5.71. The fourth-order valence-corrected chi connectivity index (χ4v) is 2.76. The number of likely N-dealkylation sites (tertiary alicyclic amines) is 1. The van der Waals surface area contributed by atoms with E-state index in [2.05, 4.69) is 36.2 Å². The lowest BCUT2D eigenvalue weighted by molar-refractivity contribution is 0.188. The van der Waals surface area contributed by atoms with Crippen LogP contribution in [0.15, 0.2) is 16.5 Å². The van der Waals surface area contributed by atoms with Crippen LogP contribution in [0.5, 0.6) is 0 Å². The van der Waals surface area contributed by atoms with E-state index in [4.69, 9.17) is 4.42 Å². The number of nitrogens with zero attached hydrogens (tertiary/aromatic N) is 1. The second kappa shape index (κ2) is 7.71. The third-order valence-corrected chi connectivity index (χ3v) is 3.99. The molecule has 2 rings (SSSR count). The molecular weight excluding hydrogens is 236 g/mol. The van der Waals surface area contributed by atoms with Crippen LogP contribution in [0, 0.1) is 0 Å². The molecule has 3 nitrogen and oxygen atoms in total. The molecule has 1 fully saturated rings. The molecule has 1 aliphatic rings. The number of furan rings is 1. The first kappa shape index (κ1) is 14.6. The van der Waals surface area contributed by atoms with Crippen molar-refractivity contribution in [1.82, 2.24) is 10.2 Å².